The molecule has 1 N–H and O–H groups in total. The molecule has 0 aromatic rings. The van der Waals surface area contributed by atoms with Crippen LogP contribution < -0.4 is 0 Å². The summed E-state index contributed by atoms with van der Waals surface area (Å²) in [6, 6.07) is 0. The van der Waals surface area contributed by atoms with E-state index in [2.05, 4.69) is 42.4 Å². The van der Waals surface area contributed by atoms with Gasteiger partial charge in [0.15, 0.2) is 0 Å². The molecule has 8 nitrogen and oxygen atoms in total. The molecule has 284 valence electrons. The molecule has 1 rings (SSSR count). The molecule has 1 aliphatic heterocycles. The van der Waals surface area contributed by atoms with E-state index in [-0.39, 0.29) is 30.4 Å². The lowest BCUT2D eigenvalue weighted by Gasteiger charge is -2.35. The van der Waals surface area contributed by atoms with Gasteiger partial charge in [0.1, 0.15) is 0 Å². The first-order valence-electron chi connectivity index (χ1n) is 20.6. The molecule has 1 fully saturated rings. The lowest BCUT2D eigenvalue weighted by Crippen LogP contribution is -2.49. The summed E-state index contributed by atoms with van der Waals surface area (Å²) in [5.74, 6) is 0.163. The van der Waals surface area contributed by atoms with E-state index in [1.807, 2.05) is 0 Å². The number of esters is 2. The van der Waals surface area contributed by atoms with Gasteiger partial charge in [0, 0.05) is 45.8 Å². The lowest BCUT2D eigenvalue weighted by molar-refractivity contribution is -0.150. The van der Waals surface area contributed by atoms with E-state index in [0.717, 1.165) is 149 Å². The summed E-state index contributed by atoms with van der Waals surface area (Å²) < 4.78 is 11.6. The van der Waals surface area contributed by atoms with Crippen molar-refractivity contribution in [2.45, 2.75) is 156 Å². The van der Waals surface area contributed by atoms with Crippen molar-refractivity contribution in [1.82, 2.24) is 14.7 Å². The molecule has 0 aliphatic carbocycles. The van der Waals surface area contributed by atoms with Gasteiger partial charge in [0.05, 0.1) is 31.7 Å². The number of hydrogen-bond donors (Lipinski definition) is 1. The standard InChI is InChI=1S/C40H79N3O5/c1-5-9-13-15-23-37(21-11-7-3)39(45)47-35-19-17-25-41(27-28-42-29-31-43(32-30-42)33-34-44)26-18-20-36-48-40(46)38(22-12-8-4)24-16-14-10-6-2/h37-38,44H,5-36H2,1-4H3. The van der Waals surface area contributed by atoms with E-state index < -0.39 is 0 Å². The smallest absolute Gasteiger partial charge is 0.308 e. The summed E-state index contributed by atoms with van der Waals surface area (Å²) >= 11 is 0. The van der Waals surface area contributed by atoms with Crippen molar-refractivity contribution < 1.29 is 24.2 Å². The van der Waals surface area contributed by atoms with Crippen LogP contribution in [0, 0.1) is 11.8 Å². The van der Waals surface area contributed by atoms with Gasteiger partial charge in [-0.05, 0) is 64.5 Å². The van der Waals surface area contributed by atoms with E-state index in [9.17, 15) is 14.7 Å². The minimum absolute atomic E-state index is 0.0181. The molecule has 8 heteroatoms. The first-order valence-corrected chi connectivity index (χ1v) is 20.6. The highest BCUT2D eigenvalue weighted by Gasteiger charge is 2.21. The number of nitrogens with zero attached hydrogens (tertiary/aromatic N) is 3. The zero-order valence-corrected chi connectivity index (χ0v) is 32.2. The third-order valence-corrected chi connectivity index (χ3v) is 10.1. The maximum atomic E-state index is 12.9. The van der Waals surface area contributed by atoms with Crippen LogP contribution in [0.2, 0.25) is 0 Å². The fraction of sp³-hybridized carbons (Fsp3) is 0.950. The van der Waals surface area contributed by atoms with Gasteiger partial charge in [0.25, 0.3) is 0 Å². The van der Waals surface area contributed by atoms with Crippen LogP contribution in [-0.4, -0.2) is 110 Å². The molecule has 1 aliphatic rings. The fourth-order valence-electron chi connectivity index (χ4n) is 6.75. The number of aliphatic hydroxyl groups is 1. The number of piperazine rings is 1. The van der Waals surface area contributed by atoms with Crippen molar-refractivity contribution >= 4 is 11.9 Å². The molecule has 2 unspecified atom stereocenters. The lowest BCUT2D eigenvalue weighted by atomic mass is 9.95. The monoisotopic (exact) mass is 682 g/mol. The van der Waals surface area contributed by atoms with Gasteiger partial charge in [-0.3, -0.25) is 19.4 Å². The molecule has 0 aromatic heterocycles. The van der Waals surface area contributed by atoms with Gasteiger partial charge in [-0.1, -0.05) is 105 Å². The highest BCUT2D eigenvalue weighted by molar-refractivity contribution is 5.72. The number of β-amino-alcohol motifs (C(OH)–C–C–N with tert-alkyl or cyclic N) is 1. The summed E-state index contributed by atoms with van der Waals surface area (Å²) in [6.07, 6.45) is 21.7. The third kappa shape index (κ3) is 23.2. The summed E-state index contributed by atoms with van der Waals surface area (Å²) in [4.78, 5) is 33.2. The number of aliphatic hydroxyl groups excluding tert-OH is 1. The molecule has 0 spiro atoms. The Kier molecular flexibility index (Phi) is 29.6. The largest absolute Gasteiger partial charge is 0.465 e. The van der Waals surface area contributed by atoms with Crippen molar-refractivity contribution in [3.8, 4) is 0 Å². The summed E-state index contributed by atoms with van der Waals surface area (Å²) in [5, 5.41) is 9.27. The molecular formula is C40H79N3O5. The Morgan fingerprint density at radius 1 is 0.542 bits per heavy atom. The summed E-state index contributed by atoms with van der Waals surface area (Å²) in [7, 11) is 0. The van der Waals surface area contributed by atoms with Crippen LogP contribution in [0.15, 0.2) is 0 Å². The minimum atomic E-state index is 0.0181. The maximum absolute atomic E-state index is 12.9. The molecule has 2 atom stereocenters. The van der Waals surface area contributed by atoms with Gasteiger partial charge in [-0.25, -0.2) is 0 Å². The molecule has 1 saturated heterocycles. The van der Waals surface area contributed by atoms with Crippen molar-refractivity contribution in [3.05, 3.63) is 0 Å². The van der Waals surface area contributed by atoms with E-state index in [0.29, 0.717) is 13.2 Å². The Balaban J connectivity index is 2.51. The minimum Gasteiger partial charge on any atom is -0.465 e. The van der Waals surface area contributed by atoms with Crippen molar-refractivity contribution in [2.24, 2.45) is 11.8 Å². The zero-order chi connectivity index (χ0) is 35.1. The second-order valence-corrected chi connectivity index (χ2v) is 14.4. The molecular weight excluding hydrogens is 602 g/mol. The normalized spacial score (nSPS) is 15.5. The zero-order valence-electron chi connectivity index (χ0n) is 32.2. The van der Waals surface area contributed by atoms with Crippen LogP contribution in [0.3, 0.4) is 0 Å². The number of ether oxygens (including phenoxy) is 2. The van der Waals surface area contributed by atoms with Crippen molar-refractivity contribution in [1.29, 1.82) is 0 Å². The first kappa shape index (κ1) is 44.8. The second-order valence-electron chi connectivity index (χ2n) is 14.4. The average molecular weight is 682 g/mol. The highest BCUT2D eigenvalue weighted by Crippen LogP contribution is 2.20. The summed E-state index contributed by atoms with van der Waals surface area (Å²) in [6.45, 7) is 19.1. The molecule has 0 amide bonds. The SMILES string of the molecule is CCCCCCC(CCCC)C(=O)OCCCCN(CCCCOC(=O)C(CCCC)CCCCCC)CCN1CCN(CCO)CC1. The highest BCUT2D eigenvalue weighted by atomic mass is 16.5. The molecule has 0 bridgehead atoms. The molecule has 1 heterocycles. The van der Waals surface area contributed by atoms with Crippen LogP contribution >= 0.6 is 0 Å². The second kappa shape index (κ2) is 31.7. The van der Waals surface area contributed by atoms with Crippen LogP contribution in [0.25, 0.3) is 0 Å². The number of carbonyl (C=O) groups is 2. The van der Waals surface area contributed by atoms with Crippen LogP contribution in [0.4, 0.5) is 0 Å². The average Bonchev–Trinajstić information content (AvgIpc) is 3.09. The predicted molar refractivity (Wildman–Crippen MR) is 200 cm³/mol. The number of unbranched alkanes of at least 4 members (excludes halogenated alkanes) is 10. The third-order valence-electron chi connectivity index (χ3n) is 10.1. The predicted octanol–water partition coefficient (Wildman–Crippen LogP) is 8.10. The molecule has 0 radical (unpaired) electrons. The Hall–Kier alpha value is -1.22. The van der Waals surface area contributed by atoms with Gasteiger partial charge < -0.3 is 19.5 Å². The molecule has 0 aromatic carbocycles. The van der Waals surface area contributed by atoms with E-state index in [1.54, 1.807) is 0 Å². The van der Waals surface area contributed by atoms with Crippen molar-refractivity contribution in [2.75, 3.05) is 78.7 Å². The van der Waals surface area contributed by atoms with Crippen LogP contribution in [0.5, 0.6) is 0 Å². The Bertz CT molecular complexity index is 700. The van der Waals surface area contributed by atoms with E-state index in [1.165, 1.54) is 38.5 Å². The van der Waals surface area contributed by atoms with Gasteiger partial charge >= 0.3 is 11.9 Å². The van der Waals surface area contributed by atoms with Gasteiger partial charge in [-0.2, -0.15) is 0 Å². The van der Waals surface area contributed by atoms with Crippen molar-refractivity contribution in [3.63, 3.8) is 0 Å². The molecule has 48 heavy (non-hydrogen) atoms. The molecule has 0 saturated carbocycles. The fourth-order valence-corrected chi connectivity index (χ4v) is 6.75. The Labute approximate surface area is 297 Å². The Morgan fingerprint density at radius 2 is 0.958 bits per heavy atom. The summed E-state index contributed by atoms with van der Waals surface area (Å²) in [5.41, 5.74) is 0. The Morgan fingerprint density at radius 3 is 1.38 bits per heavy atom. The van der Waals surface area contributed by atoms with Gasteiger partial charge in [0.2, 0.25) is 0 Å². The van der Waals surface area contributed by atoms with E-state index >= 15 is 0 Å². The van der Waals surface area contributed by atoms with E-state index in [4.69, 9.17) is 9.47 Å². The maximum Gasteiger partial charge on any atom is 0.308 e. The quantitative estimate of drug-likeness (QED) is 0.0550. The number of hydrogen-bond acceptors (Lipinski definition) is 8. The first-order chi connectivity index (χ1) is 23.5. The van der Waals surface area contributed by atoms with Crippen LogP contribution in [0.1, 0.15) is 156 Å². The number of carbonyl (C=O) groups excluding carboxylic acids is 2. The number of rotatable bonds is 33. The van der Waals surface area contributed by atoms with Crippen LogP contribution in [-0.2, 0) is 19.1 Å². The van der Waals surface area contributed by atoms with Gasteiger partial charge in [-0.15, -0.1) is 0 Å². The topological polar surface area (TPSA) is 82.5 Å².